The smallest absolute Gasteiger partial charge is 0.341 e. The Hall–Kier alpha value is -2.56. The van der Waals surface area contributed by atoms with Crippen LogP contribution in [-0.2, 0) is 6.54 Å². The molecule has 2 aromatic rings. The van der Waals surface area contributed by atoms with E-state index in [2.05, 4.69) is 0 Å². The Morgan fingerprint density at radius 3 is 2.52 bits per heavy atom. The molecule has 1 aromatic heterocycles. The van der Waals surface area contributed by atoms with Gasteiger partial charge in [0.2, 0.25) is 0 Å². The van der Waals surface area contributed by atoms with Crippen molar-refractivity contribution in [2.24, 2.45) is 0 Å². The first-order chi connectivity index (χ1) is 10.0. The highest BCUT2D eigenvalue weighted by Crippen LogP contribution is 2.09. The van der Waals surface area contributed by atoms with Gasteiger partial charge in [-0.15, -0.1) is 0 Å². The molecule has 0 aliphatic heterocycles. The monoisotopic (exact) mass is 287 g/mol. The summed E-state index contributed by atoms with van der Waals surface area (Å²) < 4.78 is 6.97. The number of pyridine rings is 1. The van der Waals surface area contributed by atoms with Crippen LogP contribution in [-0.4, -0.2) is 22.2 Å². The van der Waals surface area contributed by atoms with Crippen molar-refractivity contribution in [1.82, 2.24) is 4.57 Å². The van der Waals surface area contributed by atoms with Gasteiger partial charge in [0.1, 0.15) is 17.9 Å². The molecule has 0 aliphatic rings. The highest BCUT2D eigenvalue weighted by molar-refractivity contribution is 5.88. The molecule has 1 N–H and O–H groups in total. The Bertz CT molecular complexity index is 704. The highest BCUT2D eigenvalue weighted by Gasteiger charge is 2.16. The lowest BCUT2D eigenvalue weighted by molar-refractivity contribution is 0.0693. The Kier molecular flexibility index (Phi) is 4.42. The Labute approximate surface area is 122 Å². The van der Waals surface area contributed by atoms with E-state index in [1.165, 1.54) is 4.57 Å². The quantitative estimate of drug-likeness (QED) is 0.915. The number of benzene rings is 1. The second kappa shape index (κ2) is 6.26. The van der Waals surface area contributed by atoms with Crippen LogP contribution in [0.4, 0.5) is 0 Å². The number of hydrogen-bond acceptors (Lipinski definition) is 3. The summed E-state index contributed by atoms with van der Waals surface area (Å²) >= 11 is 0. The van der Waals surface area contributed by atoms with E-state index in [9.17, 15) is 9.59 Å². The molecule has 0 radical (unpaired) electrons. The summed E-state index contributed by atoms with van der Waals surface area (Å²) in [4.78, 5) is 23.4. The molecule has 5 nitrogen and oxygen atoms in total. The van der Waals surface area contributed by atoms with Crippen molar-refractivity contribution in [2.75, 3.05) is 6.61 Å². The molecular weight excluding hydrogens is 270 g/mol. The standard InChI is InChI=1S/C16H17NO4/c1-11-10-12(2)17(15(18)14(11)16(19)20)8-9-21-13-6-4-3-5-7-13/h3-7,10H,8-9H2,1-2H3,(H,19,20). The van der Waals surface area contributed by atoms with Gasteiger partial charge in [-0.25, -0.2) is 4.79 Å². The third-order valence-electron chi connectivity index (χ3n) is 3.25. The summed E-state index contributed by atoms with van der Waals surface area (Å²) in [6, 6.07) is 11.0. The van der Waals surface area contributed by atoms with E-state index < -0.39 is 11.5 Å². The maximum Gasteiger partial charge on any atom is 0.341 e. The number of nitrogens with zero attached hydrogens (tertiary/aromatic N) is 1. The average Bonchev–Trinajstić information content (AvgIpc) is 2.42. The summed E-state index contributed by atoms with van der Waals surface area (Å²) in [7, 11) is 0. The summed E-state index contributed by atoms with van der Waals surface area (Å²) in [6.45, 7) is 4.01. The number of carboxylic acids is 1. The summed E-state index contributed by atoms with van der Waals surface area (Å²) in [5.74, 6) is -0.482. The van der Waals surface area contributed by atoms with Gasteiger partial charge in [0.15, 0.2) is 0 Å². The lowest BCUT2D eigenvalue weighted by Gasteiger charge is -2.13. The summed E-state index contributed by atoms with van der Waals surface area (Å²) in [5.41, 5.74) is 0.529. The van der Waals surface area contributed by atoms with E-state index >= 15 is 0 Å². The van der Waals surface area contributed by atoms with Gasteiger partial charge >= 0.3 is 5.97 Å². The van der Waals surface area contributed by atoms with Crippen LogP contribution in [0.5, 0.6) is 5.75 Å². The number of para-hydroxylation sites is 1. The summed E-state index contributed by atoms with van der Waals surface area (Å²) in [5, 5.41) is 9.12. The molecular formula is C16H17NO4. The molecule has 0 unspecified atom stereocenters. The molecule has 1 heterocycles. The Morgan fingerprint density at radius 2 is 1.90 bits per heavy atom. The first-order valence-corrected chi connectivity index (χ1v) is 6.63. The fourth-order valence-electron chi connectivity index (χ4n) is 2.24. The molecule has 5 heteroatoms. The molecule has 21 heavy (non-hydrogen) atoms. The average molecular weight is 287 g/mol. The third kappa shape index (κ3) is 3.31. The molecule has 0 amide bonds. The minimum Gasteiger partial charge on any atom is -0.492 e. The minimum absolute atomic E-state index is 0.180. The maximum atomic E-state index is 12.2. The van der Waals surface area contributed by atoms with E-state index in [0.717, 1.165) is 5.69 Å². The maximum absolute atomic E-state index is 12.2. The lowest BCUT2D eigenvalue weighted by atomic mass is 10.1. The van der Waals surface area contributed by atoms with Crippen LogP contribution in [0.25, 0.3) is 0 Å². The molecule has 1 aromatic carbocycles. The van der Waals surface area contributed by atoms with Gasteiger partial charge < -0.3 is 14.4 Å². The van der Waals surface area contributed by atoms with Gasteiger partial charge in [-0.3, -0.25) is 4.79 Å². The number of aromatic nitrogens is 1. The van der Waals surface area contributed by atoms with Crippen LogP contribution in [0.1, 0.15) is 21.6 Å². The van der Waals surface area contributed by atoms with Crippen molar-refractivity contribution in [3.05, 3.63) is 63.6 Å². The zero-order valence-corrected chi connectivity index (χ0v) is 12.0. The molecule has 0 fully saturated rings. The Balaban J connectivity index is 2.19. The van der Waals surface area contributed by atoms with E-state index in [1.54, 1.807) is 19.9 Å². The molecule has 110 valence electrons. The third-order valence-corrected chi connectivity index (χ3v) is 3.25. The van der Waals surface area contributed by atoms with Crippen molar-refractivity contribution in [2.45, 2.75) is 20.4 Å². The molecule has 0 saturated carbocycles. The number of carboxylic acid groups (broad SMARTS) is 1. The SMILES string of the molecule is Cc1cc(C)n(CCOc2ccccc2)c(=O)c1C(=O)O. The van der Waals surface area contributed by atoms with E-state index in [-0.39, 0.29) is 5.56 Å². The molecule has 0 atom stereocenters. The van der Waals surface area contributed by atoms with Crippen molar-refractivity contribution in [1.29, 1.82) is 0 Å². The van der Waals surface area contributed by atoms with Gasteiger partial charge in [-0.05, 0) is 37.6 Å². The van der Waals surface area contributed by atoms with Crippen LogP contribution in [0, 0.1) is 13.8 Å². The molecule has 0 spiro atoms. The fourth-order valence-corrected chi connectivity index (χ4v) is 2.24. The summed E-state index contributed by atoms with van der Waals surface area (Å²) in [6.07, 6.45) is 0. The normalized spacial score (nSPS) is 10.4. The second-order valence-corrected chi connectivity index (χ2v) is 4.77. The number of carbonyl (C=O) groups is 1. The number of aromatic carboxylic acids is 1. The van der Waals surface area contributed by atoms with Gasteiger partial charge in [-0.1, -0.05) is 18.2 Å². The van der Waals surface area contributed by atoms with E-state index in [0.29, 0.717) is 24.5 Å². The lowest BCUT2D eigenvalue weighted by Crippen LogP contribution is -2.31. The zero-order chi connectivity index (χ0) is 15.4. The van der Waals surface area contributed by atoms with Gasteiger partial charge in [0.25, 0.3) is 5.56 Å². The number of hydrogen-bond donors (Lipinski definition) is 1. The van der Waals surface area contributed by atoms with Crippen molar-refractivity contribution in [3.8, 4) is 5.75 Å². The minimum atomic E-state index is -1.20. The molecule has 0 aliphatic carbocycles. The number of aryl methyl sites for hydroxylation is 2. The fraction of sp³-hybridized carbons (Fsp3) is 0.250. The predicted molar refractivity (Wildman–Crippen MR) is 79.1 cm³/mol. The Morgan fingerprint density at radius 1 is 1.24 bits per heavy atom. The predicted octanol–water partition coefficient (Wildman–Crippen LogP) is 2.24. The first-order valence-electron chi connectivity index (χ1n) is 6.63. The molecule has 0 saturated heterocycles. The topological polar surface area (TPSA) is 68.5 Å². The van der Waals surface area contributed by atoms with Crippen molar-refractivity contribution < 1.29 is 14.6 Å². The van der Waals surface area contributed by atoms with Gasteiger partial charge in [0.05, 0.1) is 6.54 Å². The molecule has 2 rings (SSSR count). The van der Waals surface area contributed by atoms with Crippen molar-refractivity contribution >= 4 is 5.97 Å². The second-order valence-electron chi connectivity index (χ2n) is 4.77. The van der Waals surface area contributed by atoms with Crippen molar-refractivity contribution in [3.63, 3.8) is 0 Å². The van der Waals surface area contributed by atoms with Crippen LogP contribution in [0.3, 0.4) is 0 Å². The highest BCUT2D eigenvalue weighted by atomic mass is 16.5. The van der Waals surface area contributed by atoms with Gasteiger partial charge in [0, 0.05) is 5.69 Å². The van der Waals surface area contributed by atoms with Crippen LogP contribution < -0.4 is 10.3 Å². The van der Waals surface area contributed by atoms with Crippen LogP contribution >= 0.6 is 0 Å². The van der Waals surface area contributed by atoms with Crippen LogP contribution in [0.2, 0.25) is 0 Å². The number of rotatable bonds is 5. The first kappa shape index (κ1) is 14.8. The molecule has 0 bridgehead atoms. The van der Waals surface area contributed by atoms with E-state index in [1.807, 2.05) is 30.3 Å². The van der Waals surface area contributed by atoms with Crippen LogP contribution in [0.15, 0.2) is 41.2 Å². The number of ether oxygens (including phenoxy) is 1. The zero-order valence-electron chi connectivity index (χ0n) is 12.0. The van der Waals surface area contributed by atoms with E-state index in [4.69, 9.17) is 9.84 Å². The largest absolute Gasteiger partial charge is 0.492 e. The van der Waals surface area contributed by atoms with Gasteiger partial charge in [-0.2, -0.15) is 0 Å².